The summed E-state index contributed by atoms with van der Waals surface area (Å²) in [4.78, 5) is 15.7. The Bertz CT molecular complexity index is 603. The maximum Gasteiger partial charge on any atom is 0.231 e. The molecule has 4 nitrogen and oxygen atoms in total. The number of carbonyl (C=O) groups excluding carboxylic acids is 1. The Kier molecular flexibility index (Phi) is 4.14. The molecule has 20 heavy (non-hydrogen) atoms. The van der Waals surface area contributed by atoms with E-state index in [0.29, 0.717) is 6.54 Å². The minimum absolute atomic E-state index is 0.0107. The van der Waals surface area contributed by atoms with Crippen molar-refractivity contribution in [1.82, 2.24) is 4.98 Å². The molecule has 0 aliphatic carbocycles. The van der Waals surface area contributed by atoms with Gasteiger partial charge in [0.25, 0.3) is 0 Å². The van der Waals surface area contributed by atoms with E-state index in [1.807, 2.05) is 39.0 Å². The van der Waals surface area contributed by atoms with Crippen LogP contribution in [-0.4, -0.2) is 17.4 Å². The molecule has 0 unspecified atom stereocenters. The molecule has 0 saturated heterocycles. The average molecular weight is 273 g/mol. The summed E-state index contributed by atoms with van der Waals surface area (Å²) in [5, 5.41) is 4.11. The standard InChI is InChI=1S/C16H23N3O/c1-4-16(5-2,10-17)15(20)19-13-6-7-14-12(9-13)8-11(3)18-14/h6-9,18H,4-5,10,17H2,1-3H3,(H,19,20). The van der Waals surface area contributed by atoms with Gasteiger partial charge in [-0.1, -0.05) is 13.8 Å². The lowest BCUT2D eigenvalue weighted by Crippen LogP contribution is -2.41. The van der Waals surface area contributed by atoms with Crippen molar-refractivity contribution in [3.8, 4) is 0 Å². The van der Waals surface area contributed by atoms with Crippen LogP contribution in [-0.2, 0) is 4.79 Å². The lowest BCUT2D eigenvalue weighted by Gasteiger charge is -2.28. The van der Waals surface area contributed by atoms with Gasteiger partial charge in [0.15, 0.2) is 0 Å². The molecule has 0 atom stereocenters. The van der Waals surface area contributed by atoms with Crippen LogP contribution in [0.3, 0.4) is 0 Å². The largest absolute Gasteiger partial charge is 0.359 e. The minimum Gasteiger partial charge on any atom is -0.359 e. The highest BCUT2D eigenvalue weighted by Crippen LogP contribution is 2.28. The zero-order valence-electron chi connectivity index (χ0n) is 12.4. The summed E-state index contributed by atoms with van der Waals surface area (Å²) in [6.45, 7) is 6.41. The predicted octanol–water partition coefficient (Wildman–Crippen LogP) is 3.18. The fraction of sp³-hybridized carbons (Fsp3) is 0.438. The minimum atomic E-state index is -0.469. The van der Waals surface area contributed by atoms with Gasteiger partial charge >= 0.3 is 0 Å². The Labute approximate surface area is 119 Å². The number of amides is 1. The highest BCUT2D eigenvalue weighted by atomic mass is 16.2. The van der Waals surface area contributed by atoms with Gasteiger partial charge in [0.2, 0.25) is 5.91 Å². The van der Waals surface area contributed by atoms with E-state index in [1.165, 1.54) is 0 Å². The Morgan fingerprint density at radius 2 is 2.00 bits per heavy atom. The second-order valence-electron chi connectivity index (χ2n) is 5.40. The van der Waals surface area contributed by atoms with Gasteiger partial charge < -0.3 is 16.0 Å². The number of carbonyl (C=O) groups is 1. The summed E-state index contributed by atoms with van der Waals surface area (Å²) in [6.07, 6.45) is 1.49. The first-order valence-electron chi connectivity index (χ1n) is 7.15. The molecule has 0 aliphatic rings. The van der Waals surface area contributed by atoms with Crippen LogP contribution < -0.4 is 11.1 Å². The van der Waals surface area contributed by atoms with Gasteiger partial charge in [-0.2, -0.15) is 0 Å². The fourth-order valence-corrected chi connectivity index (χ4v) is 2.57. The van der Waals surface area contributed by atoms with Crippen LogP contribution in [0.1, 0.15) is 32.4 Å². The van der Waals surface area contributed by atoms with Crippen LogP contribution >= 0.6 is 0 Å². The SMILES string of the molecule is CCC(CC)(CN)C(=O)Nc1ccc2[nH]c(C)cc2c1. The average Bonchev–Trinajstić information content (AvgIpc) is 2.81. The number of aromatic amines is 1. The molecule has 1 aromatic heterocycles. The highest BCUT2D eigenvalue weighted by Gasteiger charge is 2.33. The van der Waals surface area contributed by atoms with E-state index < -0.39 is 5.41 Å². The summed E-state index contributed by atoms with van der Waals surface area (Å²) in [5.74, 6) is 0.0107. The monoisotopic (exact) mass is 273 g/mol. The fourth-order valence-electron chi connectivity index (χ4n) is 2.57. The second-order valence-corrected chi connectivity index (χ2v) is 5.40. The molecule has 0 aliphatic heterocycles. The van der Waals surface area contributed by atoms with E-state index in [1.54, 1.807) is 0 Å². The molecule has 4 heteroatoms. The molecule has 0 bridgehead atoms. The summed E-state index contributed by atoms with van der Waals surface area (Å²) < 4.78 is 0. The number of aromatic nitrogens is 1. The van der Waals surface area contributed by atoms with Crippen molar-refractivity contribution in [1.29, 1.82) is 0 Å². The zero-order valence-corrected chi connectivity index (χ0v) is 12.4. The van der Waals surface area contributed by atoms with E-state index in [-0.39, 0.29) is 5.91 Å². The van der Waals surface area contributed by atoms with E-state index in [9.17, 15) is 4.79 Å². The first kappa shape index (κ1) is 14.6. The molecule has 1 heterocycles. The van der Waals surface area contributed by atoms with Crippen molar-refractivity contribution in [3.63, 3.8) is 0 Å². The van der Waals surface area contributed by atoms with Crippen molar-refractivity contribution in [2.24, 2.45) is 11.1 Å². The Balaban J connectivity index is 2.24. The van der Waals surface area contributed by atoms with Crippen LogP contribution in [0, 0.1) is 12.3 Å². The molecule has 1 aromatic carbocycles. The Hall–Kier alpha value is -1.81. The van der Waals surface area contributed by atoms with Crippen molar-refractivity contribution in [2.45, 2.75) is 33.6 Å². The number of aryl methyl sites for hydroxylation is 1. The van der Waals surface area contributed by atoms with Crippen LogP contribution in [0.15, 0.2) is 24.3 Å². The van der Waals surface area contributed by atoms with Gasteiger partial charge in [-0.25, -0.2) is 0 Å². The molecular weight excluding hydrogens is 250 g/mol. The second kappa shape index (κ2) is 5.67. The highest BCUT2D eigenvalue weighted by molar-refractivity contribution is 5.97. The van der Waals surface area contributed by atoms with Crippen LogP contribution in [0.5, 0.6) is 0 Å². The number of nitrogens with one attached hydrogen (secondary N) is 2. The molecule has 1 amide bonds. The molecule has 0 radical (unpaired) electrons. The van der Waals surface area contributed by atoms with Crippen molar-refractivity contribution >= 4 is 22.5 Å². The molecular formula is C16H23N3O. The van der Waals surface area contributed by atoms with Gasteiger partial charge in [-0.15, -0.1) is 0 Å². The smallest absolute Gasteiger partial charge is 0.231 e. The third-order valence-corrected chi connectivity index (χ3v) is 4.24. The first-order chi connectivity index (χ1) is 9.54. The molecule has 0 spiro atoms. The third-order valence-electron chi connectivity index (χ3n) is 4.24. The molecule has 108 valence electrons. The van der Waals surface area contributed by atoms with Crippen molar-refractivity contribution in [2.75, 3.05) is 11.9 Å². The lowest BCUT2D eigenvalue weighted by atomic mass is 9.81. The number of H-pyrrole nitrogens is 1. The first-order valence-corrected chi connectivity index (χ1v) is 7.15. The Morgan fingerprint density at radius 1 is 1.30 bits per heavy atom. The predicted molar refractivity (Wildman–Crippen MR) is 83.7 cm³/mol. The van der Waals surface area contributed by atoms with Crippen LogP contribution in [0.4, 0.5) is 5.69 Å². The van der Waals surface area contributed by atoms with E-state index in [4.69, 9.17) is 5.73 Å². The van der Waals surface area contributed by atoms with E-state index in [0.717, 1.165) is 35.1 Å². The number of anilines is 1. The maximum atomic E-state index is 12.5. The van der Waals surface area contributed by atoms with Crippen LogP contribution in [0.2, 0.25) is 0 Å². The van der Waals surface area contributed by atoms with Crippen molar-refractivity contribution in [3.05, 3.63) is 30.0 Å². The summed E-state index contributed by atoms with van der Waals surface area (Å²) in [7, 11) is 0. The molecule has 0 fully saturated rings. The maximum absolute atomic E-state index is 12.5. The number of rotatable bonds is 5. The number of fused-ring (bicyclic) bond motifs is 1. The van der Waals surface area contributed by atoms with Gasteiger partial charge in [0.1, 0.15) is 0 Å². The topological polar surface area (TPSA) is 70.9 Å². The van der Waals surface area contributed by atoms with Gasteiger partial charge in [-0.3, -0.25) is 4.79 Å². The number of nitrogens with two attached hydrogens (primary N) is 1. The number of benzene rings is 1. The summed E-state index contributed by atoms with van der Waals surface area (Å²) in [6, 6.07) is 7.97. The van der Waals surface area contributed by atoms with E-state index >= 15 is 0 Å². The quantitative estimate of drug-likeness (QED) is 0.783. The molecule has 2 aromatic rings. The summed E-state index contributed by atoms with van der Waals surface area (Å²) >= 11 is 0. The van der Waals surface area contributed by atoms with E-state index in [2.05, 4.69) is 16.4 Å². The third kappa shape index (κ3) is 2.56. The number of hydrogen-bond donors (Lipinski definition) is 3. The summed E-state index contributed by atoms with van der Waals surface area (Å²) in [5.41, 5.74) is 8.36. The van der Waals surface area contributed by atoms with Crippen LogP contribution in [0.25, 0.3) is 10.9 Å². The van der Waals surface area contributed by atoms with Gasteiger partial charge in [0.05, 0.1) is 5.41 Å². The molecule has 0 saturated carbocycles. The molecule has 2 rings (SSSR count). The molecule has 4 N–H and O–H groups in total. The normalized spacial score (nSPS) is 11.8. The Morgan fingerprint density at radius 3 is 2.60 bits per heavy atom. The number of hydrogen-bond acceptors (Lipinski definition) is 2. The zero-order chi connectivity index (χ0) is 14.8. The van der Waals surface area contributed by atoms with Crippen molar-refractivity contribution < 1.29 is 4.79 Å². The lowest BCUT2D eigenvalue weighted by molar-refractivity contribution is -0.125. The van der Waals surface area contributed by atoms with Gasteiger partial charge in [0, 0.05) is 28.8 Å². The van der Waals surface area contributed by atoms with Gasteiger partial charge in [-0.05, 0) is 44.0 Å².